The van der Waals surface area contributed by atoms with Crippen molar-refractivity contribution in [1.82, 2.24) is 19.8 Å². The van der Waals surface area contributed by atoms with Crippen molar-refractivity contribution < 1.29 is 4.79 Å². The zero-order valence-corrected chi connectivity index (χ0v) is 16.1. The average Bonchev–Trinajstić information content (AvgIpc) is 2.75. The number of aromatic nitrogens is 2. The molecule has 0 N–H and O–H groups in total. The summed E-state index contributed by atoms with van der Waals surface area (Å²) in [5.74, 6) is 0.157. The Balaban J connectivity index is 1.64. The predicted octanol–water partition coefficient (Wildman–Crippen LogP) is 3.47. The first kappa shape index (κ1) is 18.3. The summed E-state index contributed by atoms with van der Waals surface area (Å²) < 4.78 is 0. The van der Waals surface area contributed by atoms with Crippen molar-refractivity contribution in [2.75, 3.05) is 26.2 Å². The van der Waals surface area contributed by atoms with Gasteiger partial charge in [-0.2, -0.15) is 0 Å². The number of hydrogen-bond acceptors (Lipinski definition) is 4. The van der Waals surface area contributed by atoms with Crippen LogP contribution in [0.3, 0.4) is 0 Å². The number of pyridine rings is 2. The highest BCUT2D eigenvalue weighted by molar-refractivity contribution is 5.73. The molecule has 3 heterocycles. The maximum Gasteiger partial charge on any atom is 0.219 e. The average molecular weight is 372 g/mol. The third-order valence-electron chi connectivity index (χ3n) is 5.24. The number of rotatable bonds is 4. The molecular formula is C23H24N4O. The fourth-order valence-corrected chi connectivity index (χ4v) is 3.65. The van der Waals surface area contributed by atoms with Crippen LogP contribution in [0.5, 0.6) is 0 Å². The molecule has 0 aliphatic carbocycles. The number of nitrogens with zero attached hydrogens (tertiary/aromatic N) is 4. The minimum atomic E-state index is 0.157. The molecule has 2 aromatic heterocycles. The van der Waals surface area contributed by atoms with Gasteiger partial charge in [-0.25, -0.2) is 0 Å². The smallest absolute Gasteiger partial charge is 0.219 e. The van der Waals surface area contributed by atoms with Crippen LogP contribution in [0.25, 0.3) is 22.4 Å². The maximum atomic E-state index is 11.6. The molecule has 0 atom stereocenters. The van der Waals surface area contributed by atoms with Crippen LogP contribution in [-0.2, 0) is 11.3 Å². The zero-order chi connectivity index (χ0) is 19.3. The zero-order valence-electron chi connectivity index (χ0n) is 16.1. The minimum absolute atomic E-state index is 0.157. The number of amides is 1. The van der Waals surface area contributed by atoms with Crippen LogP contribution in [0.1, 0.15) is 12.5 Å². The Labute approximate surface area is 165 Å². The van der Waals surface area contributed by atoms with E-state index in [2.05, 4.69) is 28.1 Å². The van der Waals surface area contributed by atoms with Crippen molar-refractivity contribution in [2.45, 2.75) is 13.5 Å². The van der Waals surface area contributed by atoms with Crippen molar-refractivity contribution in [3.05, 3.63) is 72.7 Å². The summed E-state index contributed by atoms with van der Waals surface area (Å²) in [5, 5.41) is 0. The molecule has 1 aliphatic rings. The van der Waals surface area contributed by atoms with E-state index in [1.165, 1.54) is 11.1 Å². The lowest BCUT2D eigenvalue weighted by atomic mass is 10.0. The van der Waals surface area contributed by atoms with E-state index >= 15 is 0 Å². The molecule has 3 aromatic rings. The minimum Gasteiger partial charge on any atom is -0.340 e. The number of carbonyl (C=O) groups is 1. The van der Waals surface area contributed by atoms with Gasteiger partial charge in [0.05, 0.1) is 5.69 Å². The van der Waals surface area contributed by atoms with Crippen molar-refractivity contribution in [3.63, 3.8) is 0 Å². The highest BCUT2D eigenvalue weighted by Crippen LogP contribution is 2.27. The molecule has 0 saturated carbocycles. The molecule has 0 unspecified atom stereocenters. The second-order valence-corrected chi connectivity index (χ2v) is 7.12. The van der Waals surface area contributed by atoms with Crippen molar-refractivity contribution in [3.8, 4) is 22.4 Å². The lowest BCUT2D eigenvalue weighted by molar-refractivity contribution is -0.130. The van der Waals surface area contributed by atoms with Crippen LogP contribution in [0.15, 0.2) is 67.1 Å². The molecule has 1 aliphatic heterocycles. The topological polar surface area (TPSA) is 49.3 Å². The Hall–Kier alpha value is -3.05. The lowest BCUT2D eigenvalue weighted by Crippen LogP contribution is -2.47. The molecule has 28 heavy (non-hydrogen) atoms. The fourth-order valence-electron chi connectivity index (χ4n) is 3.65. The van der Waals surface area contributed by atoms with E-state index in [1.54, 1.807) is 19.3 Å². The number of hydrogen-bond donors (Lipinski definition) is 0. The van der Waals surface area contributed by atoms with Crippen LogP contribution in [0.4, 0.5) is 0 Å². The van der Waals surface area contributed by atoms with Crippen LogP contribution in [-0.4, -0.2) is 51.9 Å². The van der Waals surface area contributed by atoms with Crippen LogP contribution in [0.2, 0.25) is 0 Å². The maximum absolute atomic E-state index is 11.6. The van der Waals surface area contributed by atoms with Gasteiger partial charge in [-0.15, -0.1) is 0 Å². The number of piperazine rings is 1. The standard InChI is InChI=1S/C23H24N4O/c1-18(28)27-13-11-26(12-14-27)17-22-15-21(19-5-3-2-4-6-19)16-25-23(22)20-7-9-24-10-8-20/h2-10,15-16H,11-14,17H2,1H3. The van der Waals surface area contributed by atoms with Crippen LogP contribution < -0.4 is 0 Å². The Kier molecular flexibility index (Phi) is 5.44. The highest BCUT2D eigenvalue weighted by Gasteiger charge is 2.20. The summed E-state index contributed by atoms with van der Waals surface area (Å²) >= 11 is 0. The molecule has 1 aromatic carbocycles. The third kappa shape index (κ3) is 4.10. The fraction of sp³-hybridized carbons (Fsp3) is 0.261. The molecule has 0 radical (unpaired) electrons. The first-order chi connectivity index (χ1) is 13.7. The summed E-state index contributed by atoms with van der Waals surface area (Å²) in [6.45, 7) is 5.79. The predicted molar refractivity (Wildman–Crippen MR) is 110 cm³/mol. The monoisotopic (exact) mass is 372 g/mol. The first-order valence-electron chi connectivity index (χ1n) is 9.63. The quantitative estimate of drug-likeness (QED) is 0.704. The molecule has 0 spiro atoms. The van der Waals surface area contributed by atoms with E-state index in [1.807, 2.05) is 41.4 Å². The van der Waals surface area contributed by atoms with Crippen molar-refractivity contribution in [1.29, 1.82) is 0 Å². The van der Waals surface area contributed by atoms with E-state index < -0.39 is 0 Å². The van der Waals surface area contributed by atoms with Gasteiger partial charge < -0.3 is 4.90 Å². The van der Waals surface area contributed by atoms with Gasteiger partial charge in [-0.1, -0.05) is 30.3 Å². The third-order valence-corrected chi connectivity index (χ3v) is 5.24. The van der Waals surface area contributed by atoms with Crippen molar-refractivity contribution >= 4 is 5.91 Å². The summed E-state index contributed by atoms with van der Waals surface area (Å²) in [6, 6.07) is 16.6. The second kappa shape index (κ2) is 8.31. The largest absolute Gasteiger partial charge is 0.340 e. The Morgan fingerprint density at radius 1 is 0.929 bits per heavy atom. The van der Waals surface area contributed by atoms with Gasteiger partial charge in [0, 0.05) is 69.4 Å². The van der Waals surface area contributed by atoms with Gasteiger partial charge in [-0.05, 0) is 29.3 Å². The van der Waals surface area contributed by atoms with Crippen molar-refractivity contribution in [2.24, 2.45) is 0 Å². The first-order valence-corrected chi connectivity index (χ1v) is 9.63. The molecular weight excluding hydrogens is 348 g/mol. The molecule has 5 heteroatoms. The van der Waals surface area contributed by atoms with Gasteiger partial charge in [0.15, 0.2) is 0 Å². The van der Waals surface area contributed by atoms with Gasteiger partial charge in [-0.3, -0.25) is 19.7 Å². The van der Waals surface area contributed by atoms with E-state index in [4.69, 9.17) is 4.98 Å². The second-order valence-electron chi connectivity index (χ2n) is 7.12. The molecule has 1 amide bonds. The summed E-state index contributed by atoms with van der Waals surface area (Å²) in [7, 11) is 0. The Bertz CT molecular complexity index is 935. The van der Waals surface area contributed by atoms with Gasteiger partial charge in [0.2, 0.25) is 5.91 Å². The van der Waals surface area contributed by atoms with E-state index in [-0.39, 0.29) is 5.91 Å². The summed E-state index contributed by atoms with van der Waals surface area (Å²) in [5.41, 5.74) is 5.56. The van der Waals surface area contributed by atoms with E-state index in [9.17, 15) is 4.79 Å². The Morgan fingerprint density at radius 3 is 2.32 bits per heavy atom. The lowest BCUT2D eigenvalue weighted by Gasteiger charge is -2.34. The van der Waals surface area contributed by atoms with E-state index in [0.29, 0.717) is 0 Å². The summed E-state index contributed by atoms with van der Waals surface area (Å²) in [4.78, 5) is 24.9. The van der Waals surface area contributed by atoms with Gasteiger partial charge >= 0.3 is 0 Å². The highest BCUT2D eigenvalue weighted by atomic mass is 16.2. The van der Waals surface area contributed by atoms with Gasteiger partial charge in [0.25, 0.3) is 0 Å². The molecule has 142 valence electrons. The van der Waals surface area contributed by atoms with E-state index in [0.717, 1.165) is 49.5 Å². The molecule has 4 rings (SSSR count). The normalized spacial score (nSPS) is 14.8. The Morgan fingerprint density at radius 2 is 1.64 bits per heavy atom. The molecule has 1 saturated heterocycles. The SMILES string of the molecule is CC(=O)N1CCN(Cc2cc(-c3ccccc3)cnc2-c2ccncc2)CC1. The summed E-state index contributed by atoms with van der Waals surface area (Å²) in [6.07, 6.45) is 5.55. The molecule has 5 nitrogen and oxygen atoms in total. The number of benzene rings is 1. The molecule has 0 bridgehead atoms. The van der Waals surface area contributed by atoms with Gasteiger partial charge in [0.1, 0.15) is 0 Å². The number of carbonyl (C=O) groups excluding carboxylic acids is 1. The van der Waals surface area contributed by atoms with Crippen LogP contribution in [0, 0.1) is 0 Å². The van der Waals surface area contributed by atoms with Crippen LogP contribution >= 0.6 is 0 Å². The molecule has 1 fully saturated rings.